The highest BCUT2D eigenvalue weighted by molar-refractivity contribution is 5.59. The summed E-state index contributed by atoms with van der Waals surface area (Å²) in [7, 11) is 3.42. The van der Waals surface area contributed by atoms with Crippen molar-refractivity contribution in [3.05, 3.63) is 42.6 Å². The van der Waals surface area contributed by atoms with E-state index in [1.165, 1.54) is 12.4 Å². The van der Waals surface area contributed by atoms with Crippen molar-refractivity contribution >= 4 is 11.5 Å². The summed E-state index contributed by atoms with van der Waals surface area (Å²) < 4.78 is 18.0. The Kier molecular flexibility index (Phi) is 3.18. The van der Waals surface area contributed by atoms with E-state index in [1.807, 2.05) is 31.3 Å². The van der Waals surface area contributed by atoms with Crippen LogP contribution in [0.3, 0.4) is 0 Å². The van der Waals surface area contributed by atoms with Gasteiger partial charge in [-0.1, -0.05) is 0 Å². The molecule has 0 aliphatic rings. The molecule has 0 unspecified atom stereocenters. The highest BCUT2D eigenvalue weighted by Gasteiger charge is 2.06. The SMILES string of the molecule is COc1ccc(N(C)c2cc(F)ncn2)cc1. The topological polar surface area (TPSA) is 38.2 Å². The lowest BCUT2D eigenvalue weighted by molar-refractivity contribution is 0.415. The summed E-state index contributed by atoms with van der Waals surface area (Å²) in [5.74, 6) is 0.731. The smallest absolute Gasteiger partial charge is 0.218 e. The third-order valence-electron chi connectivity index (χ3n) is 2.42. The number of nitrogens with zero attached hydrogens (tertiary/aromatic N) is 3. The minimum atomic E-state index is -0.546. The van der Waals surface area contributed by atoms with Crippen molar-refractivity contribution < 1.29 is 9.13 Å². The molecule has 0 atom stereocenters. The first-order chi connectivity index (χ1) is 8.20. The van der Waals surface area contributed by atoms with E-state index in [4.69, 9.17) is 4.74 Å². The van der Waals surface area contributed by atoms with Gasteiger partial charge in [-0.25, -0.2) is 9.97 Å². The van der Waals surface area contributed by atoms with Gasteiger partial charge in [0.2, 0.25) is 5.95 Å². The van der Waals surface area contributed by atoms with Crippen LogP contribution in [0.1, 0.15) is 0 Å². The van der Waals surface area contributed by atoms with Crippen molar-refractivity contribution in [2.75, 3.05) is 19.1 Å². The number of rotatable bonds is 3. The van der Waals surface area contributed by atoms with Crippen LogP contribution in [0.25, 0.3) is 0 Å². The van der Waals surface area contributed by atoms with Crippen LogP contribution < -0.4 is 9.64 Å². The second-order valence-electron chi connectivity index (χ2n) is 3.46. The Labute approximate surface area is 98.7 Å². The van der Waals surface area contributed by atoms with Gasteiger partial charge < -0.3 is 9.64 Å². The van der Waals surface area contributed by atoms with Gasteiger partial charge in [0.1, 0.15) is 17.9 Å². The molecule has 5 heteroatoms. The van der Waals surface area contributed by atoms with Gasteiger partial charge in [-0.05, 0) is 24.3 Å². The Morgan fingerprint density at radius 1 is 1.18 bits per heavy atom. The summed E-state index contributed by atoms with van der Waals surface area (Å²) in [5.41, 5.74) is 0.893. The summed E-state index contributed by atoms with van der Waals surface area (Å²) in [6.45, 7) is 0. The fourth-order valence-corrected chi connectivity index (χ4v) is 1.45. The highest BCUT2D eigenvalue weighted by Crippen LogP contribution is 2.23. The molecule has 1 heterocycles. The van der Waals surface area contributed by atoms with Gasteiger partial charge in [0.25, 0.3) is 0 Å². The van der Waals surface area contributed by atoms with Crippen molar-refractivity contribution in [1.29, 1.82) is 0 Å². The van der Waals surface area contributed by atoms with E-state index >= 15 is 0 Å². The number of halogens is 1. The van der Waals surface area contributed by atoms with E-state index < -0.39 is 5.95 Å². The lowest BCUT2D eigenvalue weighted by Gasteiger charge is -2.18. The van der Waals surface area contributed by atoms with Gasteiger partial charge in [0.05, 0.1) is 7.11 Å². The number of hydrogen-bond donors (Lipinski definition) is 0. The predicted molar refractivity (Wildman–Crippen MR) is 63.0 cm³/mol. The maximum atomic E-state index is 13.0. The minimum absolute atomic E-state index is 0.502. The fraction of sp³-hybridized carbons (Fsp3) is 0.167. The minimum Gasteiger partial charge on any atom is -0.497 e. The number of benzene rings is 1. The van der Waals surface area contributed by atoms with Crippen LogP contribution in [0.5, 0.6) is 5.75 Å². The summed E-state index contributed by atoms with van der Waals surface area (Å²) in [5, 5.41) is 0. The zero-order valence-electron chi connectivity index (χ0n) is 9.59. The number of ether oxygens (including phenoxy) is 1. The molecule has 0 saturated carbocycles. The maximum absolute atomic E-state index is 13.0. The maximum Gasteiger partial charge on any atom is 0.218 e. The molecule has 0 aliphatic heterocycles. The molecule has 1 aromatic carbocycles. The molecule has 2 rings (SSSR count). The first-order valence-electron chi connectivity index (χ1n) is 5.06. The molecule has 0 fully saturated rings. The van der Waals surface area contributed by atoms with Crippen LogP contribution in [-0.4, -0.2) is 24.1 Å². The molecular formula is C12H12FN3O. The molecule has 88 valence electrons. The molecular weight excluding hydrogens is 221 g/mol. The molecule has 17 heavy (non-hydrogen) atoms. The molecule has 1 aromatic heterocycles. The van der Waals surface area contributed by atoms with E-state index in [-0.39, 0.29) is 0 Å². The Hall–Kier alpha value is -2.17. The molecule has 2 aromatic rings. The first-order valence-corrected chi connectivity index (χ1v) is 5.06. The monoisotopic (exact) mass is 233 g/mol. The lowest BCUT2D eigenvalue weighted by Crippen LogP contribution is -2.11. The molecule has 4 nitrogen and oxygen atoms in total. The average Bonchev–Trinajstić information content (AvgIpc) is 2.38. The van der Waals surface area contributed by atoms with Crippen LogP contribution in [0, 0.1) is 5.95 Å². The second kappa shape index (κ2) is 4.78. The summed E-state index contributed by atoms with van der Waals surface area (Å²) >= 11 is 0. The van der Waals surface area contributed by atoms with Crippen molar-refractivity contribution in [3.8, 4) is 5.75 Å². The van der Waals surface area contributed by atoms with Crippen LogP contribution >= 0.6 is 0 Å². The van der Waals surface area contributed by atoms with Crippen molar-refractivity contribution in [3.63, 3.8) is 0 Å². The number of methoxy groups -OCH3 is 1. The first kappa shape index (κ1) is 11.3. The van der Waals surface area contributed by atoms with Gasteiger partial charge in [0, 0.05) is 18.8 Å². The largest absolute Gasteiger partial charge is 0.497 e. The molecule has 0 saturated heterocycles. The zero-order valence-corrected chi connectivity index (χ0v) is 9.59. The Balaban J connectivity index is 2.27. The van der Waals surface area contributed by atoms with Gasteiger partial charge in [-0.15, -0.1) is 0 Å². The molecule has 0 radical (unpaired) electrons. The van der Waals surface area contributed by atoms with Crippen molar-refractivity contribution in [2.24, 2.45) is 0 Å². The Morgan fingerprint density at radius 2 is 1.88 bits per heavy atom. The van der Waals surface area contributed by atoms with Gasteiger partial charge >= 0.3 is 0 Å². The van der Waals surface area contributed by atoms with Crippen LogP contribution in [-0.2, 0) is 0 Å². The molecule has 0 spiro atoms. The molecule has 0 aliphatic carbocycles. The van der Waals surface area contributed by atoms with Crippen molar-refractivity contribution in [2.45, 2.75) is 0 Å². The van der Waals surface area contributed by atoms with E-state index in [9.17, 15) is 4.39 Å². The zero-order chi connectivity index (χ0) is 12.3. The summed E-state index contributed by atoms with van der Waals surface area (Å²) in [6.07, 6.45) is 1.20. The molecule has 0 amide bonds. The van der Waals surface area contributed by atoms with Crippen LogP contribution in [0.15, 0.2) is 36.7 Å². The fourth-order valence-electron chi connectivity index (χ4n) is 1.45. The van der Waals surface area contributed by atoms with E-state index in [2.05, 4.69) is 9.97 Å². The van der Waals surface area contributed by atoms with Crippen molar-refractivity contribution in [1.82, 2.24) is 9.97 Å². The molecule has 0 bridgehead atoms. The lowest BCUT2D eigenvalue weighted by atomic mass is 10.3. The second-order valence-corrected chi connectivity index (χ2v) is 3.46. The van der Waals surface area contributed by atoms with Crippen LogP contribution in [0.2, 0.25) is 0 Å². The Morgan fingerprint density at radius 3 is 2.47 bits per heavy atom. The Bertz CT molecular complexity index is 501. The standard InChI is InChI=1S/C12H12FN3O/c1-16(12-7-11(13)14-8-15-12)9-3-5-10(17-2)6-4-9/h3-8H,1-2H3. The van der Waals surface area contributed by atoms with Crippen LogP contribution in [0.4, 0.5) is 15.9 Å². The summed E-state index contributed by atoms with van der Waals surface area (Å²) in [4.78, 5) is 9.19. The molecule has 0 N–H and O–H groups in total. The third kappa shape index (κ3) is 2.50. The quantitative estimate of drug-likeness (QED) is 0.763. The predicted octanol–water partition coefficient (Wildman–Crippen LogP) is 2.39. The van der Waals surface area contributed by atoms with E-state index in [0.29, 0.717) is 5.82 Å². The van der Waals surface area contributed by atoms with E-state index in [0.717, 1.165) is 11.4 Å². The van der Waals surface area contributed by atoms with Gasteiger partial charge in [-0.3, -0.25) is 0 Å². The number of anilines is 2. The number of hydrogen-bond acceptors (Lipinski definition) is 4. The number of aromatic nitrogens is 2. The highest BCUT2D eigenvalue weighted by atomic mass is 19.1. The van der Waals surface area contributed by atoms with E-state index in [1.54, 1.807) is 12.0 Å². The summed E-state index contributed by atoms with van der Waals surface area (Å²) in [6, 6.07) is 8.70. The normalized spacial score (nSPS) is 10.1. The van der Waals surface area contributed by atoms with Gasteiger partial charge in [-0.2, -0.15) is 4.39 Å². The third-order valence-corrected chi connectivity index (χ3v) is 2.42. The van der Waals surface area contributed by atoms with Gasteiger partial charge in [0.15, 0.2) is 0 Å². The average molecular weight is 233 g/mol.